The molecular formula is C20H32N4O2. The molecule has 1 N–H and O–H groups in total. The van der Waals surface area contributed by atoms with Gasteiger partial charge in [-0.2, -0.15) is 0 Å². The van der Waals surface area contributed by atoms with Crippen LogP contribution < -0.4 is 15.8 Å². The van der Waals surface area contributed by atoms with Crippen LogP contribution in [0.15, 0.2) is 17.1 Å². The van der Waals surface area contributed by atoms with Crippen LogP contribution in [0.2, 0.25) is 0 Å². The Bertz CT molecular complexity index is 725. The number of aromatic nitrogens is 1. The van der Waals surface area contributed by atoms with Crippen molar-refractivity contribution in [2.24, 2.45) is 0 Å². The van der Waals surface area contributed by atoms with Crippen molar-refractivity contribution < 1.29 is 4.79 Å². The summed E-state index contributed by atoms with van der Waals surface area (Å²) in [6.07, 6.45) is 3.91. The highest BCUT2D eigenvalue weighted by Gasteiger charge is 2.39. The fraction of sp³-hybridized carbons (Fsp3) is 0.700. The van der Waals surface area contributed by atoms with Crippen LogP contribution in [0.25, 0.3) is 0 Å². The van der Waals surface area contributed by atoms with Crippen LogP contribution in [0.4, 0.5) is 5.69 Å². The summed E-state index contributed by atoms with van der Waals surface area (Å²) in [5, 5.41) is 3.41. The van der Waals surface area contributed by atoms with E-state index in [1.807, 2.05) is 11.1 Å². The highest BCUT2D eigenvalue weighted by Crippen LogP contribution is 2.39. The van der Waals surface area contributed by atoms with Gasteiger partial charge in [-0.3, -0.25) is 14.5 Å². The first-order valence-corrected chi connectivity index (χ1v) is 9.83. The number of hydrogen-bond donors (Lipinski definition) is 1. The summed E-state index contributed by atoms with van der Waals surface area (Å²) >= 11 is 0. The van der Waals surface area contributed by atoms with Gasteiger partial charge in [-0.15, -0.1) is 0 Å². The van der Waals surface area contributed by atoms with E-state index in [0.717, 1.165) is 43.7 Å². The van der Waals surface area contributed by atoms with E-state index in [4.69, 9.17) is 0 Å². The molecule has 0 aromatic carbocycles. The molecule has 1 atom stereocenters. The lowest BCUT2D eigenvalue weighted by Gasteiger charge is -2.32. The van der Waals surface area contributed by atoms with Crippen LogP contribution in [-0.2, 0) is 16.8 Å². The number of nitrogens with one attached hydrogen (secondary N) is 1. The lowest BCUT2D eigenvalue weighted by atomic mass is 9.87. The van der Waals surface area contributed by atoms with E-state index in [-0.39, 0.29) is 16.9 Å². The Morgan fingerprint density at radius 1 is 1.38 bits per heavy atom. The van der Waals surface area contributed by atoms with Crippen molar-refractivity contribution in [3.63, 3.8) is 0 Å². The first kappa shape index (κ1) is 19.1. The first-order chi connectivity index (χ1) is 12.3. The molecule has 1 saturated heterocycles. The number of pyridine rings is 1. The van der Waals surface area contributed by atoms with Crippen molar-refractivity contribution in [2.45, 2.75) is 58.5 Å². The molecule has 6 nitrogen and oxygen atoms in total. The Morgan fingerprint density at radius 3 is 2.85 bits per heavy atom. The maximum atomic E-state index is 13.1. The monoisotopic (exact) mass is 360 g/mol. The molecule has 3 rings (SSSR count). The standard InChI is InChI=1S/C20H32N4O2/c1-5-6-8-23-12-17-16(10-18(23)25)20(3,4)14-24(17)19(26)13-22-9-7-21-15(2)11-22/h10,12,15,21H,5-9,11,13-14H2,1-4H3/t15-/m1/s1. The van der Waals surface area contributed by atoms with Gasteiger partial charge in [-0.05, 0) is 18.9 Å². The van der Waals surface area contributed by atoms with Gasteiger partial charge in [0.1, 0.15) is 0 Å². The van der Waals surface area contributed by atoms with E-state index in [0.29, 0.717) is 25.7 Å². The molecule has 1 fully saturated rings. The number of anilines is 1. The summed E-state index contributed by atoms with van der Waals surface area (Å²) in [5.74, 6) is 0.131. The maximum absolute atomic E-state index is 13.1. The second-order valence-corrected chi connectivity index (χ2v) is 8.41. The van der Waals surface area contributed by atoms with Crippen molar-refractivity contribution in [3.8, 4) is 0 Å². The third-order valence-corrected chi connectivity index (χ3v) is 5.54. The maximum Gasteiger partial charge on any atom is 0.250 e. The van der Waals surface area contributed by atoms with E-state index in [9.17, 15) is 9.59 Å². The molecule has 1 amide bonds. The molecule has 1 aromatic rings. The van der Waals surface area contributed by atoms with Gasteiger partial charge in [-0.25, -0.2) is 0 Å². The minimum atomic E-state index is -0.190. The van der Waals surface area contributed by atoms with Gasteiger partial charge in [-0.1, -0.05) is 27.2 Å². The van der Waals surface area contributed by atoms with Crippen LogP contribution in [0.5, 0.6) is 0 Å². The SMILES string of the molecule is CCCCn1cc2c(cc1=O)C(C)(C)CN2C(=O)CN1CCN[C@H](C)C1. The second kappa shape index (κ2) is 7.53. The van der Waals surface area contributed by atoms with Crippen LogP contribution in [0.1, 0.15) is 46.1 Å². The minimum absolute atomic E-state index is 0.0375. The number of piperazine rings is 1. The Morgan fingerprint density at radius 2 is 2.15 bits per heavy atom. The summed E-state index contributed by atoms with van der Waals surface area (Å²) in [4.78, 5) is 29.6. The van der Waals surface area contributed by atoms with Gasteiger partial charge in [0.2, 0.25) is 5.91 Å². The highest BCUT2D eigenvalue weighted by atomic mass is 16.2. The molecular weight excluding hydrogens is 328 g/mol. The second-order valence-electron chi connectivity index (χ2n) is 8.41. The number of carbonyl (C=O) groups is 1. The predicted molar refractivity (Wildman–Crippen MR) is 105 cm³/mol. The zero-order valence-electron chi connectivity index (χ0n) is 16.5. The van der Waals surface area contributed by atoms with Gasteiger partial charge < -0.3 is 14.8 Å². The van der Waals surface area contributed by atoms with Crippen LogP contribution >= 0.6 is 0 Å². The fourth-order valence-electron chi connectivity index (χ4n) is 4.04. The first-order valence-electron chi connectivity index (χ1n) is 9.83. The molecule has 6 heteroatoms. The Hall–Kier alpha value is -1.66. The molecule has 26 heavy (non-hydrogen) atoms. The third-order valence-electron chi connectivity index (χ3n) is 5.54. The quantitative estimate of drug-likeness (QED) is 0.866. The zero-order valence-corrected chi connectivity index (χ0v) is 16.5. The van der Waals surface area contributed by atoms with Gasteiger partial charge >= 0.3 is 0 Å². The molecule has 0 unspecified atom stereocenters. The van der Waals surface area contributed by atoms with E-state index in [1.165, 1.54) is 0 Å². The van der Waals surface area contributed by atoms with E-state index < -0.39 is 0 Å². The van der Waals surface area contributed by atoms with Crippen molar-refractivity contribution in [1.29, 1.82) is 0 Å². The van der Waals surface area contributed by atoms with Crippen molar-refractivity contribution in [3.05, 3.63) is 28.2 Å². The number of rotatable bonds is 5. The molecule has 0 aliphatic carbocycles. The van der Waals surface area contributed by atoms with Crippen LogP contribution in [0, 0.1) is 0 Å². The largest absolute Gasteiger partial charge is 0.313 e. The molecule has 2 aliphatic rings. The fourth-order valence-corrected chi connectivity index (χ4v) is 4.04. The lowest BCUT2D eigenvalue weighted by molar-refractivity contribution is -0.120. The van der Waals surface area contributed by atoms with Crippen molar-refractivity contribution in [2.75, 3.05) is 37.6 Å². The summed E-state index contributed by atoms with van der Waals surface area (Å²) in [6.45, 7) is 13.0. The average Bonchev–Trinajstić information content (AvgIpc) is 2.84. The van der Waals surface area contributed by atoms with Crippen LogP contribution in [0.3, 0.4) is 0 Å². The van der Waals surface area contributed by atoms with Gasteiger partial charge in [0, 0.05) is 56.4 Å². The number of hydrogen-bond acceptors (Lipinski definition) is 4. The minimum Gasteiger partial charge on any atom is -0.313 e. The highest BCUT2D eigenvalue weighted by molar-refractivity contribution is 5.97. The van der Waals surface area contributed by atoms with E-state index >= 15 is 0 Å². The van der Waals surface area contributed by atoms with E-state index in [2.05, 4.69) is 37.9 Å². The number of carbonyl (C=O) groups excluding carboxylic acids is 1. The molecule has 0 spiro atoms. The summed E-state index contributed by atoms with van der Waals surface area (Å²) in [7, 11) is 0. The predicted octanol–water partition coefficient (Wildman–Crippen LogP) is 1.57. The summed E-state index contributed by atoms with van der Waals surface area (Å²) in [5.41, 5.74) is 1.76. The summed E-state index contributed by atoms with van der Waals surface area (Å²) in [6, 6.07) is 2.16. The number of nitrogens with zero attached hydrogens (tertiary/aromatic N) is 3. The van der Waals surface area contributed by atoms with Crippen molar-refractivity contribution in [1.82, 2.24) is 14.8 Å². The lowest BCUT2D eigenvalue weighted by Crippen LogP contribution is -2.52. The number of unbranched alkanes of at least 4 members (excludes halogenated alkanes) is 1. The Kier molecular flexibility index (Phi) is 5.53. The van der Waals surface area contributed by atoms with Gasteiger partial charge in [0.25, 0.3) is 5.56 Å². The van der Waals surface area contributed by atoms with Crippen molar-refractivity contribution >= 4 is 11.6 Å². The molecule has 0 bridgehead atoms. The smallest absolute Gasteiger partial charge is 0.250 e. The van der Waals surface area contributed by atoms with Crippen LogP contribution in [-0.4, -0.2) is 54.1 Å². The normalized spacial score (nSPS) is 22.5. The molecule has 144 valence electrons. The third kappa shape index (κ3) is 3.86. The molecule has 1 aromatic heterocycles. The van der Waals surface area contributed by atoms with Gasteiger partial charge in [0.05, 0.1) is 12.2 Å². The topological polar surface area (TPSA) is 57.6 Å². The molecule has 2 aliphatic heterocycles. The number of fused-ring (bicyclic) bond motifs is 1. The summed E-state index contributed by atoms with van der Waals surface area (Å²) < 4.78 is 1.76. The Balaban J connectivity index is 1.84. The molecule has 0 saturated carbocycles. The number of aryl methyl sites for hydroxylation is 1. The van der Waals surface area contributed by atoms with Gasteiger partial charge in [0.15, 0.2) is 0 Å². The molecule has 3 heterocycles. The Labute approximate surface area is 156 Å². The average molecular weight is 361 g/mol. The zero-order chi connectivity index (χ0) is 18.9. The molecule has 0 radical (unpaired) electrons. The van der Waals surface area contributed by atoms with E-state index in [1.54, 1.807) is 10.6 Å². The number of amides is 1.